The van der Waals surface area contributed by atoms with E-state index in [4.69, 9.17) is 4.37 Å². The minimum absolute atomic E-state index is 0.712. The number of rotatable bonds is 2. The average molecular weight is 394 g/mol. The first kappa shape index (κ1) is 16.9. The summed E-state index contributed by atoms with van der Waals surface area (Å²) in [7, 11) is 0. The summed E-state index contributed by atoms with van der Waals surface area (Å²) < 4.78 is 5.72. The topological polar surface area (TPSA) is 30.0 Å². The highest BCUT2D eigenvalue weighted by Crippen LogP contribution is 2.39. The Labute approximate surface area is 173 Å². The van der Waals surface area contributed by atoms with Crippen molar-refractivity contribution in [2.24, 2.45) is 0 Å². The van der Waals surface area contributed by atoms with E-state index in [1.807, 2.05) is 12.1 Å². The molecule has 1 aliphatic carbocycles. The number of carbonyl (C=O) groups is 1. The second-order valence-electron chi connectivity index (χ2n) is 7.84. The molecule has 0 N–H and O–H groups in total. The molecule has 5 aromatic rings. The van der Waals surface area contributed by atoms with Gasteiger partial charge in [0.15, 0.2) is 6.29 Å². The van der Waals surface area contributed by atoms with Gasteiger partial charge >= 0.3 is 0 Å². The molecular weight excluding hydrogens is 374 g/mol. The second kappa shape index (κ2) is 6.50. The number of aryl methyl sites for hydroxylation is 2. The van der Waals surface area contributed by atoms with E-state index in [1.54, 1.807) is 0 Å². The maximum Gasteiger partial charge on any atom is 0.151 e. The molecule has 0 saturated carbocycles. The lowest BCUT2D eigenvalue weighted by Crippen LogP contribution is -2.03. The Hall–Kier alpha value is -3.04. The summed E-state index contributed by atoms with van der Waals surface area (Å²) in [6.07, 6.45) is 5.89. The van der Waals surface area contributed by atoms with Crippen molar-refractivity contribution < 1.29 is 4.79 Å². The van der Waals surface area contributed by atoms with Crippen molar-refractivity contribution in [3.8, 4) is 11.3 Å². The van der Waals surface area contributed by atoms with Crippen molar-refractivity contribution in [3.63, 3.8) is 0 Å². The number of nitrogens with zero attached hydrogens (tertiary/aromatic N) is 1. The van der Waals surface area contributed by atoms with E-state index in [1.165, 1.54) is 69.9 Å². The zero-order valence-electron chi connectivity index (χ0n) is 15.9. The van der Waals surface area contributed by atoms with Crippen LogP contribution >= 0.6 is 11.5 Å². The highest BCUT2D eigenvalue weighted by atomic mass is 32.1. The molecule has 0 spiro atoms. The summed E-state index contributed by atoms with van der Waals surface area (Å²) in [5, 5.41) is 6.29. The predicted octanol–water partition coefficient (Wildman–Crippen LogP) is 6.96. The Morgan fingerprint density at radius 1 is 0.759 bits per heavy atom. The average Bonchev–Trinajstić information content (AvgIpc) is 3.22. The Morgan fingerprint density at radius 2 is 1.52 bits per heavy atom. The molecule has 0 fully saturated rings. The summed E-state index contributed by atoms with van der Waals surface area (Å²) in [6, 6.07) is 21.6. The van der Waals surface area contributed by atoms with Gasteiger partial charge in [0, 0.05) is 16.5 Å². The molecule has 29 heavy (non-hydrogen) atoms. The van der Waals surface area contributed by atoms with Gasteiger partial charge in [-0.1, -0.05) is 60.7 Å². The van der Waals surface area contributed by atoms with E-state index < -0.39 is 0 Å². The summed E-state index contributed by atoms with van der Waals surface area (Å²) >= 11 is 1.41. The molecule has 2 nitrogen and oxygen atoms in total. The van der Waals surface area contributed by atoms with E-state index in [2.05, 4.69) is 48.5 Å². The van der Waals surface area contributed by atoms with Crippen molar-refractivity contribution in [3.05, 3.63) is 77.4 Å². The Morgan fingerprint density at radius 3 is 2.45 bits per heavy atom. The lowest BCUT2D eigenvalue weighted by Gasteiger charge is -2.19. The number of hydrogen-bond donors (Lipinski definition) is 0. The highest BCUT2D eigenvalue weighted by molar-refractivity contribution is 7.14. The van der Waals surface area contributed by atoms with Crippen molar-refractivity contribution in [2.45, 2.75) is 25.7 Å². The molecule has 0 atom stereocenters. The van der Waals surface area contributed by atoms with E-state index in [0.29, 0.717) is 5.56 Å². The normalized spacial score (nSPS) is 13.8. The van der Waals surface area contributed by atoms with Gasteiger partial charge in [0.2, 0.25) is 0 Å². The predicted molar refractivity (Wildman–Crippen MR) is 122 cm³/mol. The van der Waals surface area contributed by atoms with Crippen molar-refractivity contribution >= 4 is 49.4 Å². The third-order valence-electron chi connectivity index (χ3n) is 6.30. The number of fused-ring (bicyclic) bond motifs is 6. The van der Waals surface area contributed by atoms with Crippen LogP contribution in [-0.2, 0) is 12.8 Å². The smallest absolute Gasteiger partial charge is 0.151 e. The highest BCUT2D eigenvalue weighted by Gasteiger charge is 2.17. The van der Waals surface area contributed by atoms with Gasteiger partial charge in [0.1, 0.15) is 0 Å². The number of hydrogen-bond acceptors (Lipinski definition) is 3. The van der Waals surface area contributed by atoms with Gasteiger partial charge in [0.25, 0.3) is 0 Å². The molecule has 0 amide bonds. The Bertz CT molecular complexity index is 1430. The van der Waals surface area contributed by atoms with Gasteiger partial charge in [-0.05, 0) is 69.9 Å². The van der Waals surface area contributed by atoms with Crippen molar-refractivity contribution in [1.82, 2.24) is 4.37 Å². The maximum atomic E-state index is 11.4. The quantitative estimate of drug-likeness (QED) is 0.240. The lowest BCUT2D eigenvalue weighted by atomic mass is 9.86. The van der Waals surface area contributed by atoms with Gasteiger partial charge in [-0.2, -0.15) is 4.37 Å². The van der Waals surface area contributed by atoms with E-state index in [0.717, 1.165) is 27.6 Å². The van der Waals surface area contributed by atoms with Gasteiger partial charge in [-0.25, -0.2) is 0 Å². The zero-order valence-corrected chi connectivity index (χ0v) is 16.8. The van der Waals surface area contributed by atoms with Crippen LogP contribution in [0.15, 0.2) is 60.7 Å². The second-order valence-corrected chi connectivity index (χ2v) is 8.62. The van der Waals surface area contributed by atoms with Crippen LogP contribution in [0.3, 0.4) is 0 Å². The van der Waals surface area contributed by atoms with E-state index in [9.17, 15) is 4.79 Å². The van der Waals surface area contributed by atoms with Crippen molar-refractivity contribution in [1.29, 1.82) is 0 Å². The molecule has 0 aliphatic heterocycles. The van der Waals surface area contributed by atoms with Crippen molar-refractivity contribution in [2.75, 3.05) is 0 Å². The maximum absolute atomic E-state index is 11.4. The minimum Gasteiger partial charge on any atom is -0.298 e. The van der Waals surface area contributed by atoms with Gasteiger partial charge in [-0.3, -0.25) is 4.79 Å². The fraction of sp³-hybridized carbons (Fsp3) is 0.154. The SMILES string of the molecule is O=Cc1cccc2c(-c3cccc4c3ccc3c5c(ccc34)CCCC5)nsc12. The molecule has 0 saturated heterocycles. The summed E-state index contributed by atoms with van der Waals surface area (Å²) in [4.78, 5) is 11.4. The van der Waals surface area contributed by atoms with E-state index >= 15 is 0 Å². The van der Waals surface area contributed by atoms with Crippen LogP contribution < -0.4 is 0 Å². The van der Waals surface area contributed by atoms with Crippen LogP contribution in [0.1, 0.15) is 34.3 Å². The minimum atomic E-state index is 0.712. The molecular formula is C26H19NOS. The van der Waals surface area contributed by atoms with Crippen LogP contribution in [0.5, 0.6) is 0 Å². The van der Waals surface area contributed by atoms with Crippen LogP contribution in [-0.4, -0.2) is 10.7 Å². The fourth-order valence-corrected chi connectivity index (χ4v) is 5.77. The third-order valence-corrected chi connectivity index (χ3v) is 7.21. The Kier molecular flexibility index (Phi) is 3.78. The first-order chi connectivity index (χ1) is 14.3. The molecule has 0 bridgehead atoms. The molecule has 4 aromatic carbocycles. The first-order valence-electron chi connectivity index (χ1n) is 10.2. The molecule has 0 radical (unpaired) electrons. The van der Waals surface area contributed by atoms with Gasteiger partial charge in [-0.15, -0.1) is 0 Å². The number of aromatic nitrogens is 1. The van der Waals surface area contributed by atoms with Gasteiger partial charge < -0.3 is 0 Å². The molecule has 6 rings (SSSR count). The first-order valence-corrected chi connectivity index (χ1v) is 10.9. The lowest BCUT2D eigenvalue weighted by molar-refractivity contribution is 0.112. The third kappa shape index (κ3) is 2.47. The number of aldehydes is 1. The summed E-state index contributed by atoms with van der Waals surface area (Å²) in [5.41, 5.74) is 5.87. The molecule has 1 aromatic heterocycles. The van der Waals surface area contributed by atoms with Crippen LogP contribution in [0, 0.1) is 0 Å². The zero-order chi connectivity index (χ0) is 19.4. The van der Waals surface area contributed by atoms with Crippen LogP contribution in [0.4, 0.5) is 0 Å². The van der Waals surface area contributed by atoms with Crippen LogP contribution in [0.25, 0.3) is 42.9 Å². The molecule has 3 heteroatoms. The molecule has 0 unspecified atom stereocenters. The van der Waals surface area contributed by atoms with Crippen LogP contribution in [0.2, 0.25) is 0 Å². The number of carbonyl (C=O) groups excluding carboxylic acids is 1. The Balaban J connectivity index is 1.65. The van der Waals surface area contributed by atoms with E-state index in [-0.39, 0.29) is 0 Å². The largest absolute Gasteiger partial charge is 0.298 e. The monoisotopic (exact) mass is 393 g/mol. The fourth-order valence-electron chi connectivity index (χ4n) is 4.91. The molecule has 1 aliphatic rings. The molecule has 1 heterocycles. The summed E-state index contributed by atoms with van der Waals surface area (Å²) in [6.45, 7) is 0. The van der Waals surface area contributed by atoms with Gasteiger partial charge in [0.05, 0.1) is 10.4 Å². The number of benzene rings is 4. The molecule has 140 valence electrons. The standard InChI is InChI=1S/C26H19NOS/c28-15-17-6-3-10-24-25(27-29-26(17)24)23-9-4-8-19-21-12-11-16-5-1-2-7-18(16)20(21)13-14-22(19)23/h3-4,6,8-15H,1-2,5,7H2. The summed E-state index contributed by atoms with van der Waals surface area (Å²) in [5.74, 6) is 0.